The lowest BCUT2D eigenvalue weighted by Crippen LogP contribution is -2.25. The summed E-state index contributed by atoms with van der Waals surface area (Å²) >= 11 is 0. The van der Waals surface area contributed by atoms with Crippen LogP contribution >= 0.6 is 0 Å². The number of rotatable bonds is 4. The van der Waals surface area contributed by atoms with E-state index < -0.39 is 17.6 Å². The topological polar surface area (TPSA) is 62.5 Å². The maximum absolute atomic E-state index is 13.1. The molecular formula is C20H20F3N5O. The average Bonchev–Trinajstić information content (AvgIpc) is 3.34. The van der Waals surface area contributed by atoms with E-state index in [1.165, 1.54) is 18.2 Å². The van der Waals surface area contributed by atoms with Gasteiger partial charge in [-0.3, -0.25) is 4.79 Å². The molecule has 0 radical (unpaired) electrons. The molecule has 0 spiro atoms. The van der Waals surface area contributed by atoms with Crippen molar-refractivity contribution in [3.05, 3.63) is 59.0 Å². The molecule has 2 aromatic heterocycles. The Kier molecular flexibility index (Phi) is 4.89. The summed E-state index contributed by atoms with van der Waals surface area (Å²) in [6.45, 7) is 3.41. The molecule has 4 rings (SSSR count). The number of nitrogens with one attached hydrogen (secondary N) is 1. The fourth-order valence-corrected chi connectivity index (χ4v) is 3.58. The highest BCUT2D eigenvalue weighted by atomic mass is 19.4. The van der Waals surface area contributed by atoms with Gasteiger partial charge in [0.05, 0.1) is 17.5 Å². The average molecular weight is 403 g/mol. The van der Waals surface area contributed by atoms with Gasteiger partial charge in [0.2, 0.25) is 0 Å². The van der Waals surface area contributed by atoms with Crippen molar-refractivity contribution in [2.75, 3.05) is 18.0 Å². The summed E-state index contributed by atoms with van der Waals surface area (Å²) in [5.41, 5.74) is 0.869. The van der Waals surface area contributed by atoms with Gasteiger partial charge in [-0.2, -0.15) is 18.3 Å². The molecule has 3 heterocycles. The molecule has 0 aliphatic carbocycles. The number of anilines is 1. The molecule has 1 aliphatic heterocycles. The summed E-state index contributed by atoms with van der Waals surface area (Å²) in [5, 5.41) is 6.85. The van der Waals surface area contributed by atoms with Crippen molar-refractivity contribution in [2.45, 2.75) is 32.5 Å². The highest BCUT2D eigenvalue weighted by Gasteiger charge is 2.33. The minimum Gasteiger partial charge on any atom is -0.355 e. The highest BCUT2D eigenvalue weighted by Crippen LogP contribution is 2.31. The number of aryl methyl sites for hydroxylation is 1. The summed E-state index contributed by atoms with van der Waals surface area (Å²) in [5.74, 6) is 0.243. The van der Waals surface area contributed by atoms with Gasteiger partial charge in [0.1, 0.15) is 5.52 Å². The Morgan fingerprint density at radius 1 is 1.21 bits per heavy atom. The van der Waals surface area contributed by atoms with Gasteiger partial charge in [-0.25, -0.2) is 9.50 Å². The Morgan fingerprint density at radius 2 is 1.93 bits per heavy atom. The molecule has 9 heteroatoms. The van der Waals surface area contributed by atoms with Crippen LogP contribution in [0.5, 0.6) is 0 Å². The van der Waals surface area contributed by atoms with E-state index in [4.69, 9.17) is 0 Å². The first-order valence-corrected chi connectivity index (χ1v) is 9.38. The largest absolute Gasteiger partial charge is 0.416 e. The van der Waals surface area contributed by atoms with Crippen LogP contribution in [0, 0.1) is 6.92 Å². The Balaban J connectivity index is 1.58. The Hall–Kier alpha value is -3.10. The third kappa shape index (κ3) is 3.90. The highest BCUT2D eigenvalue weighted by molar-refractivity contribution is 5.94. The molecule has 0 unspecified atom stereocenters. The first kappa shape index (κ1) is 19.2. The van der Waals surface area contributed by atoms with E-state index in [1.54, 1.807) is 16.8 Å². The minimum atomic E-state index is -4.47. The molecule has 1 aromatic carbocycles. The standard InChI is InChI=1S/C20H20F3N5O/c1-13-12-28-17(18(25-13)27-8-4-5-9-27)10-16(26-28)19(29)24-11-14-6-2-3-7-15(14)20(21,22)23/h2-3,6-7,10,12H,4-5,8-9,11H2,1H3,(H,24,29). The number of carbonyl (C=O) groups excluding carboxylic acids is 1. The van der Waals surface area contributed by atoms with Gasteiger partial charge >= 0.3 is 6.18 Å². The second-order valence-electron chi connectivity index (χ2n) is 7.10. The zero-order valence-electron chi connectivity index (χ0n) is 15.8. The zero-order valence-corrected chi connectivity index (χ0v) is 15.8. The van der Waals surface area contributed by atoms with Gasteiger partial charge in [0, 0.05) is 25.7 Å². The number of fused-ring (bicyclic) bond motifs is 1. The predicted octanol–water partition coefficient (Wildman–Crippen LogP) is 3.59. The second kappa shape index (κ2) is 7.38. The number of alkyl halides is 3. The molecule has 0 atom stereocenters. The van der Waals surface area contributed by atoms with Crippen molar-refractivity contribution in [1.29, 1.82) is 0 Å². The van der Waals surface area contributed by atoms with Crippen LogP contribution in [0.15, 0.2) is 36.5 Å². The fourth-order valence-electron chi connectivity index (χ4n) is 3.58. The summed E-state index contributed by atoms with van der Waals surface area (Å²) in [7, 11) is 0. The van der Waals surface area contributed by atoms with E-state index >= 15 is 0 Å². The summed E-state index contributed by atoms with van der Waals surface area (Å²) in [4.78, 5) is 19.3. The van der Waals surface area contributed by atoms with Gasteiger partial charge in [0.15, 0.2) is 11.5 Å². The third-order valence-corrected chi connectivity index (χ3v) is 4.96. The number of carbonyl (C=O) groups is 1. The van der Waals surface area contributed by atoms with E-state index in [9.17, 15) is 18.0 Å². The molecule has 1 fully saturated rings. The maximum Gasteiger partial charge on any atom is 0.416 e. The van der Waals surface area contributed by atoms with Gasteiger partial charge in [-0.15, -0.1) is 0 Å². The fraction of sp³-hybridized carbons (Fsp3) is 0.350. The molecule has 1 saturated heterocycles. The molecule has 3 aromatic rings. The van der Waals surface area contributed by atoms with Crippen LogP contribution in [0.25, 0.3) is 5.52 Å². The smallest absolute Gasteiger partial charge is 0.355 e. The van der Waals surface area contributed by atoms with Crippen LogP contribution in [0.2, 0.25) is 0 Å². The van der Waals surface area contributed by atoms with Crippen molar-refractivity contribution in [2.24, 2.45) is 0 Å². The minimum absolute atomic E-state index is 0.00683. The lowest BCUT2D eigenvalue weighted by molar-refractivity contribution is -0.138. The molecule has 6 nitrogen and oxygen atoms in total. The third-order valence-electron chi connectivity index (χ3n) is 4.96. The predicted molar refractivity (Wildman–Crippen MR) is 102 cm³/mol. The van der Waals surface area contributed by atoms with Crippen molar-refractivity contribution >= 4 is 17.2 Å². The summed E-state index contributed by atoms with van der Waals surface area (Å²) < 4.78 is 41.0. The summed E-state index contributed by atoms with van der Waals surface area (Å²) in [6.07, 6.45) is -0.577. The van der Waals surface area contributed by atoms with Crippen molar-refractivity contribution in [1.82, 2.24) is 19.9 Å². The SMILES string of the molecule is Cc1cn2nc(C(=O)NCc3ccccc3C(F)(F)F)cc2c(N2CCCC2)n1. The van der Waals surface area contributed by atoms with Gasteiger partial charge in [-0.1, -0.05) is 18.2 Å². The molecule has 29 heavy (non-hydrogen) atoms. The quantitative estimate of drug-likeness (QED) is 0.723. The Morgan fingerprint density at radius 3 is 2.66 bits per heavy atom. The first-order valence-electron chi connectivity index (χ1n) is 9.38. The number of hydrogen-bond donors (Lipinski definition) is 1. The van der Waals surface area contributed by atoms with Crippen LogP contribution in [-0.4, -0.2) is 33.6 Å². The normalized spacial score (nSPS) is 14.6. The van der Waals surface area contributed by atoms with E-state index in [-0.39, 0.29) is 17.8 Å². The van der Waals surface area contributed by atoms with Crippen molar-refractivity contribution < 1.29 is 18.0 Å². The van der Waals surface area contributed by atoms with Gasteiger partial charge < -0.3 is 10.2 Å². The maximum atomic E-state index is 13.1. The Labute approximate surface area is 165 Å². The second-order valence-corrected chi connectivity index (χ2v) is 7.10. The molecule has 1 aliphatic rings. The number of nitrogens with zero attached hydrogens (tertiary/aromatic N) is 4. The number of amides is 1. The first-order chi connectivity index (χ1) is 13.8. The van der Waals surface area contributed by atoms with E-state index in [0.29, 0.717) is 5.52 Å². The van der Waals surface area contributed by atoms with Crippen LogP contribution < -0.4 is 10.2 Å². The van der Waals surface area contributed by atoms with Gasteiger partial charge in [-0.05, 0) is 31.4 Å². The molecular weight excluding hydrogens is 383 g/mol. The number of halogens is 3. The number of hydrogen-bond acceptors (Lipinski definition) is 4. The van der Waals surface area contributed by atoms with Crippen LogP contribution in [0.4, 0.5) is 19.0 Å². The van der Waals surface area contributed by atoms with Crippen molar-refractivity contribution in [3.8, 4) is 0 Å². The van der Waals surface area contributed by atoms with E-state index in [1.807, 2.05) is 6.92 Å². The molecule has 1 N–H and O–H groups in total. The lowest BCUT2D eigenvalue weighted by Gasteiger charge is -2.17. The van der Waals surface area contributed by atoms with Crippen LogP contribution in [-0.2, 0) is 12.7 Å². The van der Waals surface area contributed by atoms with Crippen LogP contribution in [0.3, 0.4) is 0 Å². The zero-order chi connectivity index (χ0) is 20.6. The molecule has 152 valence electrons. The molecule has 0 bridgehead atoms. The molecule has 0 saturated carbocycles. The lowest BCUT2D eigenvalue weighted by atomic mass is 10.1. The number of aromatic nitrogens is 3. The summed E-state index contributed by atoms with van der Waals surface area (Å²) in [6, 6.07) is 6.82. The van der Waals surface area contributed by atoms with E-state index in [2.05, 4.69) is 20.3 Å². The van der Waals surface area contributed by atoms with Gasteiger partial charge in [0.25, 0.3) is 5.91 Å². The monoisotopic (exact) mass is 403 g/mol. The number of benzene rings is 1. The molecule has 1 amide bonds. The Bertz CT molecular complexity index is 1050. The van der Waals surface area contributed by atoms with Crippen LogP contribution in [0.1, 0.15) is 40.2 Å². The van der Waals surface area contributed by atoms with Crippen molar-refractivity contribution in [3.63, 3.8) is 0 Å². The van der Waals surface area contributed by atoms with E-state index in [0.717, 1.165) is 43.5 Å².